The first-order valence-electron chi connectivity index (χ1n) is 7.05. The number of hydrogen-bond acceptors (Lipinski definition) is 5. The minimum absolute atomic E-state index is 0.479. The van der Waals surface area contributed by atoms with Crippen LogP contribution < -0.4 is 20.2 Å². The second kappa shape index (κ2) is 8.33. The number of benzene rings is 2. The Labute approximate surface area is 139 Å². The second-order valence-electron chi connectivity index (χ2n) is 4.66. The molecule has 0 aliphatic carbocycles. The molecule has 2 N–H and O–H groups in total. The highest BCUT2D eigenvalue weighted by Gasteiger charge is 2.12. The minimum Gasteiger partial charge on any atom is -0.497 e. The average molecular weight is 327 g/mol. The molecule has 0 atom stereocenters. The molecule has 7 heteroatoms. The lowest BCUT2D eigenvalue weighted by molar-refractivity contribution is -0.136. The molecule has 0 spiro atoms. The number of rotatable bonds is 5. The zero-order chi connectivity index (χ0) is 17.4. The minimum atomic E-state index is -0.870. The summed E-state index contributed by atoms with van der Waals surface area (Å²) in [5.74, 6) is -0.365. The third-order valence-corrected chi connectivity index (χ3v) is 3.03. The van der Waals surface area contributed by atoms with E-state index in [2.05, 4.69) is 15.8 Å². The Hall–Kier alpha value is -3.35. The van der Waals surface area contributed by atoms with Crippen molar-refractivity contribution in [1.82, 2.24) is 5.43 Å². The molecule has 0 saturated heterocycles. The Bertz CT molecular complexity index is 742. The monoisotopic (exact) mass is 327 g/mol. The van der Waals surface area contributed by atoms with Crippen molar-refractivity contribution < 1.29 is 19.1 Å². The fraction of sp³-hybridized carbons (Fsp3) is 0.118. The lowest BCUT2D eigenvalue weighted by Crippen LogP contribution is -2.32. The summed E-state index contributed by atoms with van der Waals surface area (Å²) >= 11 is 0. The van der Waals surface area contributed by atoms with E-state index in [0.29, 0.717) is 17.2 Å². The fourth-order valence-corrected chi connectivity index (χ4v) is 1.80. The highest BCUT2D eigenvalue weighted by atomic mass is 16.5. The van der Waals surface area contributed by atoms with Crippen LogP contribution in [0.3, 0.4) is 0 Å². The summed E-state index contributed by atoms with van der Waals surface area (Å²) in [6.45, 7) is 0. The molecule has 2 aromatic rings. The summed E-state index contributed by atoms with van der Waals surface area (Å²) in [7, 11) is 3.10. The molecule has 0 aliphatic rings. The summed E-state index contributed by atoms with van der Waals surface area (Å²) in [6, 6.07) is 13.7. The summed E-state index contributed by atoms with van der Waals surface area (Å²) in [5.41, 5.74) is 3.37. The quantitative estimate of drug-likeness (QED) is 0.498. The van der Waals surface area contributed by atoms with Gasteiger partial charge in [-0.05, 0) is 42.0 Å². The van der Waals surface area contributed by atoms with Crippen LogP contribution in [-0.4, -0.2) is 32.2 Å². The Morgan fingerprint density at radius 1 is 0.958 bits per heavy atom. The van der Waals surface area contributed by atoms with Crippen molar-refractivity contribution in [2.75, 3.05) is 19.5 Å². The highest BCUT2D eigenvalue weighted by Crippen LogP contribution is 2.14. The molecular weight excluding hydrogens is 310 g/mol. The predicted molar refractivity (Wildman–Crippen MR) is 90.4 cm³/mol. The Morgan fingerprint density at radius 2 is 1.67 bits per heavy atom. The third kappa shape index (κ3) is 4.84. The molecule has 0 fully saturated rings. The maximum absolute atomic E-state index is 11.8. The van der Waals surface area contributed by atoms with E-state index in [4.69, 9.17) is 9.47 Å². The first kappa shape index (κ1) is 17.0. The molecule has 7 nitrogen and oxygen atoms in total. The van der Waals surface area contributed by atoms with E-state index in [1.807, 2.05) is 0 Å². The average Bonchev–Trinajstić information content (AvgIpc) is 2.62. The van der Waals surface area contributed by atoms with E-state index in [-0.39, 0.29) is 0 Å². The molecule has 24 heavy (non-hydrogen) atoms. The van der Waals surface area contributed by atoms with Crippen LogP contribution in [0.4, 0.5) is 5.69 Å². The van der Waals surface area contributed by atoms with E-state index in [9.17, 15) is 9.59 Å². The number of ether oxygens (including phenoxy) is 2. The van der Waals surface area contributed by atoms with Gasteiger partial charge in [0.05, 0.1) is 20.4 Å². The van der Waals surface area contributed by atoms with Crippen molar-refractivity contribution in [2.45, 2.75) is 0 Å². The van der Waals surface area contributed by atoms with Crippen LogP contribution in [0.15, 0.2) is 53.6 Å². The lowest BCUT2D eigenvalue weighted by atomic mass is 10.2. The number of methoxy groups -OCH3 is 2. The normalized spacial score (nSPS) is 10.2. The van der Waals surface area contributed by atoms with Crippen molar-refractivity contribution in [1.29, 1.82) is 0 Å². The molecule has 0 heterocycles. The second-order valence-corrected chi connectivity index (χ2v) is 4.66. The number of carbonyl (C=O) groups is 2. The maximum Gasteiger partial charge on any atom is 0.329 e. The summed E-state index contributed by atoms with van der Waals surface area (Å²) in [6.07, 6.45) is 1.42. The molecule has 0 saturated carbocycles. The van der Waals surface area contributed by atoms with Crippen LogP contribution >= 0.6 is 0 Å². The van der Waals surface area contributed by atoms with E-state index >= 15 is 0 Å². The summed E-state index contributed by atoms with van der Waals surface area (Å²) < 4.78 is 10.1. The van der Waals surface area contributed by atoms with Crippen molar-refractivity contribution in [3.8, 4) is 11.5 Å². The predicted octanol–water partition coefficient (Wildman–Crippen LogP) is 1.79. The van der Waals surface area contributed by atoms with Crippen LogP contribution in [0.5, 0.6) is 11.5 Å². The molecule has 0 unspecified atom stereocenters. The zero-order valence-corrected chi connectivity index (χ0v) is 13.3. The van der Waals surface area contributed by atoms with E-state index in [0.717, 1.165) is 5.56 Å². The Kier molecular flexibility index (Phi) is 5.90. The number of nitrogens with zero attached hydrogens (tertiary/aromatic N) is 1. The topological polar surface area (TPSA) is 89.0 Å². The van der Waals surface area contributed by atoms with Crippen LogP contribution in [-0.2, 0) is 9.59 Å². The molecule has 2 amide bonds. The van der Waals surface area contributed by atoms with Crippen molar-refractivity contribution in [2.24, 2.45) is 5.10 Å². The van der Waals surface area contributed by atoms with Gasteiger partial charge in [0.15, 0.2) is 0 Å². The van der Waals surface area contributed by atoms with Gasteiger partial charge in [0, 0.05) is 5.69 Å². The third-order valence-electron chi connectivity index (χ3n) is 3.03. The first-order chi connectivity index (χ1) is 11.6. The van der Waals surface area contributed by atoms with Gasteiger partial charge in [0.25, 0.3) is 0 Å². The fourth-order valence-electron chi connectivity index (χ4n) is 1.80. The number of hydrogen-bond donors (Lipinski definition) is 2. The maximum atomic E-state index is 11.8. The summed E-state index contributed by atoms with van der Waals surface area (Å²) in [4.78, 5) is 23.5. The van der Waals surface area contributed by atoms with Gasteiger partial charge in [-0.1, -0.05) is 12.1 Å². The van der Waals surface area contributed by atoms with Gasteiger partial charge in [-0.25, -0.2) is 5.43 Å². The summed E-state index contributed by atoms with van der Waals surface area (Å²) in [5, 5.41) is 6.21. The van der Waals surface area contributed by atoms with E-state index in [1.165, 1.54) is 6.21 Å². The van der Waals surface area contributed by atoms with Gasteiger partial charge in [-0.3, -0.25) is 9.59 Å². The van der Waals surface area contributed by atoms with Crippen LogP contribution in [0.2, 0.25) is 0 Å². The van der Waals surface area contributed by atoms with Crippen molar-refractivity contribution in [3.63, 3.8) is 0 Å². The zero-order valence-electron chi connectivity index (χ0n) is 13.3. The number of anilines is 1. The van der Waals surface area contributed by atoms with Crippen LogP contribution in [0.1, 0.15) is 5.56 Å². The standard InChI is InChI=1S/C17H17N3O4/c1-23-14-8-6-13(7-9-14)19-16(21)17(22)20-18-11-12-4-3-5-15(10-12)24-2/h3-11H,1-2H3,(H,19,21)(H,20,22). The Morgan fingerprint density at radius 3 is 2.33 bits per heavy atom. The highest BCUT2D eigenvalue weighted by molar-refractivity contribution is 6.39. The van der Waals surface area contributed by atoms with Crippen molar-refractivity contribution >= 4 is 23.7 Å². The lowest BCUT2D eigenvalue weighted by Gasteiger charge is -2.05. The van der Waals surface area contributed by atoms with Gasteiger partial charge in [0.1, 0.15) is 11.5 Å². The van der Waals surface area contributed by atoms with E-state index < -0.39 is 11.8 Å². The molecule has 0 aromatic heterocycles. The molecule has 124 valence electrons. The SMILES string of the molecule is COc1ccc(NC(=O)C(=O)NN=Cc2cccc(OC)c2)cc1. The van der Waals surface area contributed by atoms with Gasteiger partial charge in [-0.2, -0.15) is 5.10 Å². The molecule has 0 aliphatic heterocycles. The molecule has 2 rings (SSSR count). The van der Waals surface area contributed by atoms with Gasteiger partial charge in [-0.15, -0.1) is 0 Å². The largest absolute Gasteiger partial charge is 0.497 e. The number of nitrogens with one attached hydrogen (secondary N) is 2. The smallest absolute Gasteiger partial charge is 0.329 e. The number of hydrazone groups is 1. The first-order valence-corrected chi connectivity index (χ1v) is 7.05. The van der Waals surface area contributed by atoms with Gasteiger partial charge < -0.3 is 14.8 Å². The van der Waals surface area contributed by atoms with Crippen molar-refractivity contribution in [3.05, 3.63) is 54.1 Å². The van der Waals surface area contributed by atoms with Crippen LogP contribution in [0, 0.1) is 0 Å². The van der Waals surface area contributed by atoms with Gasteiger partial charge in [0.2, 0.25) is 0 Å². The molecular formula is C17H17N3O4. The van der Waals surface area contributed by atoms with E-state index in [1.54, 1.807) is 62.8 Å². The number of carbonyl (C=O) groups excluding carboxylic acids is 2. The molecule has 0 radical (unpaired) electrons. The molecule has 0 bridgehead atoms. The van der Waals surface area contributed by atoms with Crippen LogP contribution in [0.25, 0.3) is 0 Å². The van der Waals surface area contributed by atoms with Gasteiger partial charge >= 0.3 is 11.8 Å². The Balaban J connectivity index is 1.88. The molecule has 2 aromatic carbocycles. The number of amides is 2.